The molecule has 1 saturated heterocycles. The molecule has 6 nitrogen and oxygen atoms in total. The normalized spacial score (nSPS) is 21.3. The van der Waals surface area contributed by atoms with Gasteiger partial charge in [-0.25, -0.2) is 13.1 Å². The van der Waals surface area contributed by atoms with E-state index >= 15 is 0 Å². The summed E-state index contributed by atoms with van der Waals surface area (Å²) >= 11 is 0. The maximum atomic E-state index is 12.5. The third-order valence-corrected chi connectivity index (χ3v) is 5.40. The van der Waals surface area contributed by atoms with Gasteiger partial charge in [0.25, 0.3) is 0 Å². The Kier molecular flexibility index (Phi) is 4.89. The minimum Gasteiger partial charge on any atom is -0.326 e. The van der Waals surface area contributed by atoms with E-state index in [4.69, 9.17) is 0 Å². The van der Waals surface area contributed by atoms with E-state index in [0.29, 0.717) is 5.69 Å². The predicted octanol–water partition coefficient (Wildman–Crippen LogP) is 1.31. The Hall–Kier alpha value is -1.44. The van der Waals surface area contributed by atoms with Gasteiger partial charge in [-0.3, -0.25) is 4.79 Å². The number of benzene rings is 1. The van der Waals surface area contributed by atoms with Crippen molar-refractivity contribution in [3.63, 3.8) is 0 Å². The highest BCUT2D eigenvalue weighted by molar-refractivity contribution is 7.89. The van der Waals surface area contributed by atoms with Crippen molar-refractivity contribution >= 4 is 21.6 Å². The SMILES string of the molecule is CC(=O)Nc1ccc(S(=O)(=O)NC2CCNCC2(C)C)cc1. The lowest BCUT2D eigenvalue weighted by Gasteiger charge is -2.39. The minimum atomic E-state index is -3.57. The summed E-state index contributed by atoms with van der Waals surface area (Å²) in [6.45, 7) is 7.09. The number of anilines is 1. The first-order valence-electron chi connectivity index (χ1n) is 7.31. The van der Waals surface area contributed by atoms with Crippen molar-refractivity contribution in [3.05, 3.63) is 24.3 Å². The number of nitrogens with one attached hydrogen (secondary N) is 3. The summed E-state index contributed by atoms with van der Waals surface area (Å²) in [5, 5.41) is 5.90. The second-order valence-corrected chi connectivity index (χ2v) is 8.05. The van der Waals surface area contributed by atoms with Gasteiger partial charge in [0.15, 0.2) is 0 Å². The Morgan fingerprint density at radius 3 is 2.45 bits per heavy atom. The molecular formula is C15H23N3O3S. The van der Waals surface area contributed by atoms with E-state index in [1.54, 1.807) is 12.1 Å². The van der Waals surface area contributed by atoms with Crippen molar-refractivity contribution in [2.24, 2.45) is 5.41 Å². The number of sulfonamides is 1. The van der Waals surface area contributed by atoms with Crippen LogP contribution in [0.1, 0.15) is 27.2 Å². The van der Waals surface area contributed by atoms with E-state index in [9.17, 15) is 13.2 Å². The van der Waals surface area contributed by atoms with Gasteiger partial charge >= 0.3 is 0 Å². The fourth-order valence-electron chi connectivity index (χ4n) is 2.57. The van der Waals surface area contributed by atoms with Gasteiger partial charge in [-0.15, -0.1) is 0 Å². The van der Waals surface area contributed by atoms with Crippen molar-refractivity contribution in [1.82, 2.24) is 10.0 Å². The molecule has 0 aliphatic carbocycles. The fraction of sp³-hybridized carbons (Fsp3) is 0.533. The van der Waals surface area contributed by atoms with Gasteiger partial charge in [-0.05, 0) is 42.6 Å². The van der Waals surface area contributed by atoms with Crippen LogP contribution >= 0.6 is 0 Å². The smallest absolute Gasteiger partial charge is 0.240 e. The molecule has 0 bridgehead atoms. The van der Waals surface area contributed by atoms with Crippen LogP contribution in [0.2, 0.25) is 0 Å². The predicted molar refractivity (Wildman–Crippen MR) is 86.1 cm³/mol. The minimum absolute atomic E-state index is 0.103. The van der Waals surface area contributed by atoms with Gasteiger partial charge in [0.05, 0.1) is 4.90 Å². The summed E-state index contributed by atoms with van der Waals surface area (Å²) < 4.78 is 27.8. The number of hydrogen-bond donors (Lipinski definition) is 3. The van der Waals surface area contributed by atoms with E-state index in [0.717, 1.165) is 19.5 Å². The van der Waals surface area contributed by atoms with Crippen molar-refractivity contribution in [1.29, 1.82) is 0 Å². The molecule has 2 rings (SSSR count). The molecule has 1 aromatic rings. The molecule has 0 spiro atoms. The van der Waals surface area contributed by atoms with E-state index in [1.807, 2.05) is 13.8 Å². The maximum Gasteiger partial charge on any atom is 0.240 e. The number of piperidine rings is 1. The Balaban J connectivity index is 2.14. The lowest BCUT2D eigenvalue weighted by Crippen LogP contribution is -2.54. The third-order valence-electron chi connectivity index (χ3n) is 3.92. The largest absolute Gasteiger partial charge is 0.326 e. The highest BCUT2D eigenvalue weighted by Crippen LogP contribution is 2.26. The zero-order valence-corrected chi connectivity index (χ0v) is 14.0. The first-order valence-corrected chi connectivity index (χ1v) is 8.80. The molecule has 0 radical (unpaired) electrons. The van der Waals surface area contributed by atoms with Gasteiger partial charge in [0, 0.05) is 25.2 Å². The molecule has 3 N–H and O–H groups in total. The Labute approximate surface area is 131 Å². The number of carbonyl (C=O) groups is 1. The molecule has 1 fully saturated rings. The molecule has 1 aromatic carbocycles. The van der Waals surface area contributed by atoms with Gasteiger partial charge in [-0.1, -0.05) is 13.8 Å². The third kappa shape index (κ3) is 4.06. The summed E-state index contributed by atoms with van der Waals surface area (Å²) in [5.74, 6) is -0.190. The standard InChI is InChI=1S/C15H23N3O3S/c1-11(19)17-12-4-6-13(7-5-12)22(20,21)18-14-8-9-16-10-15(14,2)3/h4-7,14,16,18H,8-10H2,1-3H3,(H,17,19). The maximum absolute atomic E-state index is 12.5. The molecule has 1 amide bonds. The molecule has 7 heteroatoms. The molecule has 22 heavy (non-hydrogen) atoms. The van der Waals surface area contributed by atoms with Crippen molar-refractivity contribution in [3.8, 4) is 0 Å². The average Bonchev–Trinajstić information content (AvgIpc) is 2.41. The Morgan fingerprint density at radius 1 is 1.27 bits per heavy atom. The number of amides is 1. The molecule has 122 valence electrons. The first-order chi connectivity index (χ1) is 10.2. The zero-order chi connectivity index (χ0) is 16.4. The van der Waals surface area contributed by atoms with Crippen LogP contribution in [0.15, 0.2) is 29.2 Å². The number of carbonyl (C=O) groups excluding carboxylic acids is 1. The second-order valence-electron chi connectivity index (χ2n) is 6.33. The van der Waals surface area contributed by atoms with E-state index in [-0.39, 0.29) is 22.3 Å². The van der Waals surface area contributed by atoms with E-state index in [1.165, 1.54) is 19.1 Å². The van der Waals surface area contributed by atoms with Gasteiger partial charge < -0.3 is 10.6 Å². The van der Waals surface area contributed by atoms with Crippen LogP contribution < -0.4 is 15.4 Å². The molecule has 1 aliphatic rings. The van der Waals surface area contributed by atoms with Gasteiger partial charge in [0.2, 0.25) is 15.9 Å². The molecule has 0 aromatic heterocycles. The highest BCUT2D eigenvalue weighted by Gasteiger charge is 2.35. The summed E-state index contributed by atoms with van der Waals surface area (Å²) in [7, 11) is -3.57. The quantitative estimate of drug-likeness (QED) is 0.779. The first kappa shape index (κ1) is 16.9. The van der Waals surface area contributed by atoms with Crippen LogP contribution in [0.25, 0.3) is 0 Å². The van der Waals surface area contributed by atoms with Crippen LogP contribution in [0.4, 0.5) is 5.69 Å². The van der Waals surface area contributed by atoms with Crippen molar-refractivity contribution in [2.75, 3.05) is 18.4 Å². The van der Waals surface area contributed by atoms with Crippen molar-refractivity contribution < 1.29 is 13.2 Å². The van der Waals surface area contributed by atoms with Crippen LogP contribution in [0.3, 0.4) is 0 Å². The molecular weight excluding hydrogens is 302 g/mol. The van der Waals surface area contributed by atoms with Crippen LogP contribution in [0.5, 0.6) is 0 Å². The number of hydrogen-bond acceptors (Lipinski definition) is 4. The Morgan fingerprint density at radius 2 is 1.91 bits per heavy atom. The molecule has 0 saturated carbocycles. The molecule has 1 unspecified atom stereocenters. The summed E-state index contributed by atoms with van der Waals surface area (Å²) in [4.78, 5) is 11.2. The lowest BCUT2D eigenvalue weighted by molar-refractivity contribution is -0.114. The Bertz CT molecular complexity index is 639. The van der Waals surface area contributed by atoms with Gasteiger partial charge in [0.1, 0.15) is 0 Å². The summed E-state index contributed by atoms with van der Waals surface area (Å²) in [5.41, 5.74) is 0.440. The van der Waals surface area contributed by atoms with E-state index < -0.39 is 10.0 Å². The summed E-state index contributed by atoms with van der Waals surface area (Å²) in [6.07, 6.45) is 0.760. The second kappa shape index (κ2) is 6.36. The van der Waals surface area contributed by atoms with Crippen LogP contribution in [-0.4, -0.2) is 33.5 Å². The van der Waals surface area contributed by atoms with E-state index in [2.05, 4.69) is 15.4 Å². The van der Waals surface area contributed by atoms with Crippen molar-refractivity contribution in [2.45, 2.75) is 38.1 Å². The van der Waals surface area contributed by atoms with Crippen LogP contribution in [-0.2, 0) is 14.8 Å². The number of rotatable bonds is 4. The fourth-order valence-corrected chi connectivity index (χ4v) is 4.01. The topological polar surface area (TPSA) is 87.3 Å². The summed E-state index contributed by atoms with van der Waals surface area (Å²) in [6, 6.07) is 6.07. The lowest BCUT2D eigenvalue weighted by atomic mass is 9.81. The molecule has 1 heterocycles. The average molecular weight is 325 g/mol. The highest BCUT2D eigenvalue weighted by atomic mass is 32.2. The molecule has 1 atom stereocenters. The zero-order valence-electron chi connectivity index (χ0n) is 13.1. The van der Waals surface area contributed by atoms with Crippen LogP contribution in [0, 0.1) is 5.41 Å². The van der Waals surface area contributed by atoms with Gasteiger partial charge in [-0.2, -0.15) is 0 Å². The monoisotopic (exact) mass is 325 g/mol. The molecule has 1 aliphatic heterocycles.